The van der Waals surface area contributed by atoms with Crippen LogP contribution in [0.5, 0.6) is 5.88 Å². The standard InChI is InChI=1S/C30H38F3N5O4SSi/c1-28(2)19-22(44(3,4)5)20-37(28)26-23(27(39)36-43(40,41)21-9-7-6-8-10-21)11-12-24(34-26)38-17-13-25(35-38)42-18-16-29(14-15-29)30(31,32)33/h6-13,17,22H,14-16,18-20H2,1-5H3,(H,36,39). The summed E-state index contributed by atoms with van der Waals surface area (Å²) in [6.45, 7) is 11.6. The Balaban J connectivity index is 1.44. The van der Waals surface area contributed by atoms with Crippen LogP contribution in [0, 0.1) is 5.41 Å². The van der Waals surface area contributed by atoms with Crippen molar-refractivity contribution in [1.29, 1.82) is 0 Å². The second kappa shape index (κ2) is 11.2. The minimum Gasteiger partial charge on any atom is -0.477 e. The highest BCUT2D eigenvalue weighted by Crippen LogP contribution is 2.59. The normalized spacial score (nSPS) is 19.5. The number of carbonyl (C=O) groups excluding carboxylic acids is 1. The lowest BCUT2D eigenvalue weighted by molar-refractivity contribution is -0.190. The molecule has 2 fully saturated rings. The number of hydrogen-bond donors (Lipinski definition) is 1. The molecule has 3 heterocycles. The Bertz CT molecular complexity index is 1630. The third-order valence-electron chi connectivity index (χ3n) is 8.83. The Morgan fingerprint density at radius 1 is 1.09 bits per heavy atom. The Morgan fingerprint density at radius 2 is 1.77 bits per heavy atom. The number of benzene rings is 1. The van der Waals surface area contributed by atoms with Crippen molar-refractivity contribution in [2.45, 2.75) is 81.3 Å². The zero-order valence-electron chi connectivity index (χ0n) is 25.5. The topological polar surface area (TPSA) is 106 Å². The van der Waals surface area contributed by atoms with Crippen LogP contribution in [-0.2, 0) is 10.0 Å². The van der Waals surface area contributed by atoms with Gasteiger partial charge in [0.25, 0.3) is 15.9 Å². The number of alkyl halides is 3. The number of sulfonamides is 1. The summed E-state index contributed by atoms with van der Waals surface area (Å²) in [6.07, 6.45) is -1.70. The van der Waals surface area contributed by atoms with Crippen molar-refractivity contribution >= 4 is 29.8 Å². The van der Waals surface area contributed by atoms with Gasteiger partial charge in [0.1, 0.15) is 5.82 Å². The molecule has 2 aliphatic rings. The lowest BCUT2D eigenvalue weighted by Gasteiger charge is -2.34. The predicted octanol–water partition coefficient (Wildman–Crippen LogP) is 6.19. The van der Waals surface area contributed by atoms with Gasteiger partial charge in [0.05, 0.1) is 22.5 Å². The number of halogens is 3. The van der Waals surface area contributed by atoms with Crippen LogP contribution >= 0.6 is 0 Å². The molecule has 1 N–H and O–H groups in total. The minimum atomic E-state index is -4.25. The van der Waals surface area contributed by atoms with Crippen LogP contribution in [-0.4, -0.2) is 62.0 Å². The van der Waals surface area contributed by atoms with E-state index in [1.54, 1.807) is 36.5 Å². The smallest absolute Gasteiger partial charge is 0.394 e. The Kier molecular flexibility index (Phi) is 8.15. The maximum atomic E-state index is 13.6. The summed E-state index contributed by atoms with van der Waals surface area (Å²) in [4.78, 5) is 20.4. The number of carbonyl (C=O) groups is 1. The molecule has 5 rings (SSSR count). The number of pyridine rings is 1. The van der Waals surface area contributed by atoms with E-state index in [-0.39, 0.29) is 47.7 Å². The summed E-state index contributed by atoms with van der Waals surface area (Å²) >= 11 is 0. The van der Waals surface area contributed by atoms with E-state index in [1.807, 2.05) is 0 Å². The van der Waals surface area contributed by atoms with Gasteiger partial charge in [-0.25, -0.2) is 22.8 Å². The van der Waals surface area contributed by atoms with Gasteiger partial charge in [-0.15, -0.1) is 5.10 Å². The lowest BCUT2D eigenvalue weighted by atomic mass is 10.0. The number of nitrogens with one attached hydrogen (secondary N) is 1. The van der Waals surface area contributed by atoms with E-state index < -0.39 is 35.6 Å². The van der Waals surface area contributed by atoms with Crippen LogP contribution in [0.4, 0.5) is 19.0 Å². The van der Waals surface area contributed by atoms with Crippen molar-refractivity contribution < 1.29 is 31.1 Å². The fourth-order valence-corrected chi connectivity index (χ4v) is 8.50. The second-order valence-electron chi connectivity index (χ2n) is 13.5. The number of nitrogens with zero attached hydrogens (tertiary/aromatic N) is 4. The van der Waals surface area contributed by atoms with Crippen molar-refractivity contribution in [3.05, 3.63) is 60.3 Å². The molecule has 0 bridgehead atoms. The summed E-state index contributed by atoms with van der Waals surface area (Å²) in [6, 6.07) is 12.3. The van der Waals surface area contributed by atoms with E-state index in [4.69, 9.17) is 9.72 Å². The molecule has 238 valence electrons. The van der Waals surface area contributed by atoms with E-state index in [2.05, 4.69) is 48.2 Å². The highest BCUT2D eigenvalue weighted by atomic mass is 32.2. The summed E-state index contributed by atoms with van der Waals surface area (Å²) in [7, 11) is -5.73. The molecule has 1 aliphatic carbocycles. The molecule has 1 aliphatic heterocycles. The van der Waals surface area contributed by atoms with Crippen molar-refractivity contribution in [2.75, 3.05) is 18.1 Å². The maximum Gasteiger partial charge on any atom is 0.394 e. The van der Waals surface area contributed by atoms with E-state index in [0.29, 0.717) is 23.7 Å². The quantitative estimate of drug-likeness (QED) is 0.261. The second-order valence-corrected chi connectivity index (χ2v) is 20.7. The molecule has 1 atom stereocenters. The van der Waals surface area contributed by atoms with Crippen LogP contribution in [0.15, 0.2) is 59.6 Å². The van der Waals surface area contributed by atoms with Gasteiger partial charge in [-0.3, -0.25) is 4.79 Å². The molecule has 0 spiro atoms. The molecule has 14 heteroatoms. The van der Waals surface area contributed by atoms with E-state index >= 15 is 0 Å². The Labute approximate surface area is 256 Å². The minimum absolute atomic E-state index is 0.0355. The Morgan fingerprint density at radius 3 is 2.36 bits per heavy atom. The van der Waals surface area contributed by atoms with Gasteiger partial charge in [-0.2, -0.15) is 13.2 Å². The molecular formula is C30H38F3N5O4SSi. The zero-order chi connectivity index (χ0) is 32.1. The molecule has 1 saturated heterocycles. The fraction of sp³-hybridized carbons (Fsp3) is 0.500. The van der Waals surface area contributed by atoms with Crippen LogP contribution < -0.4 is 14.4 Å². The van der Waals surface area contributed by atoms with Gasteiger partial charge in [-0.05, 0) is 69.3 Å². The first kappa shape index (κ1) is 32.0. The van der Waals surface area contributed by atoms with Crippen LogP contribution in [0.3, 0.4) is 0 Å². The average Bonchev–Trinajstić information content (AvgIpc) is 3.46. The summed E-state index contributed by atoms with van der Waals surface area (Å²) in [5, 5.41) is 4.36. The lowest BCUT2D eigenvalue weighted by Crippen LogP contribution is -2.41. The highest BCUT2D eigenvalue weighted by molar-refractivity contribution is 7.90. The van der Waals surface area contributed by atoms with Crippen molar-refractivity contribution in [1.82, 2.24) is 19.5 Å². The van der Waals surface area contributed by atoms with Crippen LogP contribution in [0.2, 0.25) is 25.2 Å². The first-order valence-corrected chi connectivity index (χ1v) is 19.6. The molecule has 2 aromatic heterocycles. The third-order valence-corrected chi connectivity index (χ3v) is 13.0. The maximum absolute atomic E-state index is 13.6. The van der Waals surface area contributed by atoms with Gasteiger partial charge in [0.2, 0.25) is 5.88 Å². The first-order valence-electron chi connectivity index (χ1n) is 14.6. The van der Waals surface area contributed by atoms with E-state index in [9.17, 15) is 26.4 Å². The number of hydrogen-bond acceptors (Lipinski definition) is 7. The summed E-state index contributed by atoms with van der Waals surface area (Å²) in [5.74, 6) is 0.0204. The SMILES string of the molecule is CC1(C)CC([Si](C)(C)C)CN1c1nc(-n2ccc(OCCC3(C(F)(F)F)CC3)n2)ccc1C(=O)NS(=O)(=O)c1ccccc1. The Hall–Kier alpha value is -3.39. The molecule has 0 radical (unpaired) electrons. The van der Waals surface area contributed by atoms with Crippen molar-refractivity contribution in [3.63, 3.8) is 0 Å². The predicted molar refractivity (Wildman–Crippen MR) is 163 cm³/mol. The summed E-state index contributed by atoms with van der Waals surface area (Å²) < 4.78 is 75.0. The molecule has 1 amide bonds. The van der Waals surface area contributed by atoms with Gasteiger partial charge >= 0.3 is 6.18 Å². The number of anilines is 1. The van der Waals surface area contributed by atoms with Gasteiger partial charge in [0, 0.05) is 32.4 Å². The molecule has 3 aromatic rings. The van der Waals surface area contributed by atoms with Crippen molar-refractivity contribution in [3.8, 4) is 11.7 Å². The molecular weight excluding hydrogens is 612 g/mol. The third kappa shape index (κ3) is 6.51. The molecule has 1 aromatic carbocycles. The van der Waals surface area contributed by atoms with Gasteiger partial charge < -0.3 is 9.64 Å². The molecule has 9 nitrogen and oxygen atoms in total. The molecule has 44 heavy (non-hydrogen) atoms. The monoisotopic (exact) mass is 649 g/mol. The van der Waals surface area contributed by atoms with Crippen molar-refractivity contribution in [2.24, 2.45) is 5.41 Å². The zero-order valence-corrected chi connectivity index (χ0v) is 27.3. The molecule has 1 unspecified atom stereocenters. The number of ether oxygens (including phenoxy) is 1. The fourth-order valence-electron chi connectivity index (χ4n) is 5.67. The first-order chi connectivity index (χ1) is 20.4. The van der Waals surface area contributed by atoms with Crippen LogP contribution in [0.1, 0.15) is 49.9 Å². The van der Waals surface area contributed by atoms with Gasteiger partial charge in [0.15, 0.2) is 5.82 Å². The van der Waals surface area contributed by atoms with E-state index in [1.165, 1.54) is 22.9 Å². The highest BCUT2D eigenvalue weighted by Gasteiger charge is 2.62. The largest absolute Gasteiger partial charge is 0.477 e. The average molecular weight is 650 g/mol. The number of aromatic nitrogens is 3. The van der Waals surface area contributed by atoms with E-state index in [0.717, 1.165) is 6.42 Å². The molecule has 1 saturated carbocycles. The van der Waals surface area contributed by atoms with Crippen LogP contribution in [0.25, 0.3) is 5.82 Å². The van der Waals surface area contributed by atoms with Gasteiger partial charge in [-0.1, -0.05) is 37.8 Å². The number of amides is 1. The summed E-state index contributed by atoms with van der Waals surface area (Å²) in [5.41, 5.74) is -1.53. The number of rotatable bonds is 10.